The Hall–Kier alpha value is -2.25. The minimum Gasteiger partial charge on any atom is -0.358 e. The molecule has 0 unspecified atom stereocenters. The van der Waals surface area contributed by atoms with E-state index in [1.165, 1.54) is 23.8 Å². The van der Waals surface area contributed by atoms with Crippen molar-refractivity contribution < 1.29 is 17.6 Å². The van der Waals surface area contributed by atoms with Gasteiger partial charge in [-0.25, -0.2) is 12.8 Å². The first-order valence-electron chi connectivity index (χ1n) is 8.86. The van der Waals surface area contributed by atoms with Gasteiger partial charge in [0.05, 0.1) is 16.3 Å². The molecular weight excluding hydrogens is 367 g/mol. The van der Waals surface area contributed by atoms with Crippen LogP contribution in [-0.2, 0) is 27.5 Å². The summed E-state index contributed by atoms with van der Waals surface area (Å²) in [6.45, 7) is 0.399. The second-order valence-corrected chi connectivity index (χ2v) is 8.25. The molecule has 27 heavy (non-hydrogen) atoms. The molecule has 1 aliphatic carbocycles. The van der Waals surface area contributed by atoms with Gasteiger partial charge >= 0.3 is 0 Å². The Kier molecular flexibility index (Phi) is 7.50. The summed E-state index contributed by atoms with van der Waals surface area (Å²) in [6.07, 6.45) is 4.18. The fourth-order valence-electron chi connectivity index (χ4n) is 2.90. The van der Waals surface area contributed by atoms with E-state index in [9.17, 15) is 17.6 Å². The minimum atomic E-state index is -3.63. The van der Waals surface area contributed by atoms with Crippen LogP contribution in [0.2, 0.25) is 0 Å². The third-order valence-electron chi connectivity index (χ3n) is 4.35. The average molecular weight is 392 g/mol. The monoisotopic (exact) mass is 392 g/mol. The highest BCUT2D eigenvalue weighted by molar-refractivity contribution is 7.91. The number of carbonyl (C=O) groups is 1. The molecule has 0 heterocycles. The molecule has 0 aromatic heterocycles. The number of carbonyl (C=O) groups excluding carboxylic acids is 1. The van der Waals surface area contributed by atoms with Crippen molar-refractivity contribution in [2.45, 2.75) is 35.5 Å². The maximum absolute atomic E-state index is 13.2. The lowest BCUT2D eigenvalue weighted by atomic mass is 9.92. The van der Waals surface area contributed by atoms with Gasteiger partial charge in [-0.05, 0) is 74.2 Å². The van der Waals surface area contributed by atoms with Crippen LogP contribution in [0.1, 0.15) is 24.0 Å². The average Bonchev–Trinajstić information content (AvgIpc) is 2.68. The number of sulfone groups is 1. The van der Waals surface area contributed by atoms with Gasteiger partial charge in [0.1, 0.15) is 5.82 Å². The fraction of sp³-hybridized carbons (Fsp3) is 0.350. The highest BCUT2D eigenvalue weighted by Crippen LogP contribution is 2.27. The summed E-state index contributed by atoms with van der Waals surface area (Å²) < 4.78 is 38.2. The normalized spacial score (nSPS) is 13.1. The molecule has 0 saturated carbocycles. The molecular formula is C20H25FN2O3S. The van der Waals surface area contributed by atoms with E-state index in [2.05, 4.69) is 10.6 Å². The molecule has 2 aromatic rings. The molecule has 0 radical (unpaired) electrons. The van der Waals surface area contributed by atoms with Gasteiger partial charge in [0.15, 0.2) is 0 Å². The molecule has 1 amide bonds. The van der Waals surface area contributed by atoms with Crippen LogP contribution in [0.5, 0.6) is 0 Å². The predicted molar refractivity (Wildman–Crippen MR) is 103 cm³/mol. The Balaban J connectivity index is 0.000000321. The zero-order chi connectivity index (χ0) is 19.9. The molecule has 3 rings (SSSR count). The quantitative estimate of drug-likeness (QED) is 0.838. The Morgan fingerprint density at radius 1 is 1.00 bits per heavy atom. The molecule has 0 saturated heterocycles. The number of hydrogen-bond donors (Lipinski definition) is 2. The highest BCUT2D eigenvalue weighted by atomic mass is 32.2. The maximum atomic E-state index is 13.2. The Morgan fingerprint density at radius 3 is 2.26 bits per heavy atom. The zero-order valence-corrected chi connectivity index (χ0v) is 16.4. The van der Waals surface area contributed by atoms with E-state index in [0.717, 1.165) is 37.3 Å². The minimum absolute atomic E-state index is 0.00765. The van der Waals surface area contributed by atoms with Crippen LogP contribution in [0.15, 0.2) is 52.3 Å². The molecule has 0 aliphatic heterocycles. The first kappa shape index (κ1) is 21.1. The van der Waals surface area contributed by atoms with E-state index in [0.29, 0.717) is 6.54 Å². The molecule has 0 bridgehead atoms. The number of nitrogens with one attached hydrogen (secondary N) is 2. The van der Waals surface area contributed by atoms with Gasteiger partial charge < -0.3 is 10.6 Å². The van der Waals surface area contributed by atoms with E-state index in [1.54, 1.807) is 26.2 Å². The zero-order valence-electron chi connectivity index (χ0n) is 15.6. The van der Waals surface area contributed by atoms with Crippen molar-refractivity contribution in [3.63, 3.8) is 0 Å². The molecule has 7 heteroatoms. The summed E-state index contributed by atoms with van der Waals surface area (Å²) >= 11 is 0. The molecule has 0 atom stereocenters. The largest absolute Gasteiger partial charge is 0.358 e. The Morgan fingerprint density at radius 2 is 1.67 bits per heavy atom. The summed E-state index contributed by atoms with van der Waals surface area (Å²) in [5.74, 6) is -0.522. The summed E-state index contributed by atoms with van der Waals surface area (Å²) in [4.78, 5) is 10.5. The lowest BCUT2D eigenvalue weighted by molar-refractivity contribution is -0.119. The fourth-order valence-corrected chi connectivity index (χ4v) is 4.24. The van der Waals surface area contributed by atoms with Crippen molar-refractivity contribution in [3.05, 3.63) is 59.4 Å². The lowest BCUT2D eigenvalue weighted by Crippen LogP contribution is -2.28. The van der Waals surface area contributed by atoms with Crippen LogP contribution in [0.25, 0.3) is 0 Å². The molecule has 0 fully saturated rings. The summed E-state index contributed by atoms with van der Waals surface area (Å²) in [6, 6.07) is 10.4. The van der Waals surface area contributed by atoms with Gasteiger partial charge in [-0.15, -0.1) is 0 Å². The van der Waals surface area contributed by atoms with Crippen LogP contribution >= 0.6 is 0 Å². The number of amides is 1. The maximum Gasteiger partial charge on any atom is 0.233 e. The van der Waals surface area contributed by atoms with Gasteiger partial charge in [0.2, 0.25) is 15.7 Å². The number of rotatable bonds is 4. The van der Waals surface area contributed by atoms with Gasteiger partial charge in [-0.2, -0.15) is 0 Å². The molecule has 2 N–H and O–H groups in total. The number of benzene rings is 2. The summed E-state index contributed by atoms with van der Waals surface area (Å²) in [7, 11) is -0.293. The smallest absolute Gasteiger partial charge is 0.233 e. The van der Waals surface area contributed by atoms with Crippen molar-refractivity contribution in [1.29, 1.82) is 0 Å². The van der Waals surface area contributed by atoms with Crippen molar-refractivity contribution in [1.82, 2.24) is 10.6 Å². The SMILES string of the molecule is CNCC(=O)NC.O=S(=O)(c1cccc(F)c1)c1ccc2c(c1)CCCC2. The van der Waals surface area contributed by atoms with Gasteiger partial charge in [0.25, 0.3) is 0 Å². The summed E-state index contributed by atoms with van der Waals surface area (Å²) in [5, 5.41) is 5.17. The van der Waals surface area contributed by atoms with E-state index in [1.807, 2.05) is 6.07 Å². The van der Waals surface area contributed by atoms with E-state index >= 15 is 0 Å². The molecule has 1 aliphatic rings. The second-order valence-electron chi connectivity index (χ2n) is 6.30. The Labute approximate surface area is 159 Å². The predicted octanol–water partition coefficient (Wildman–Crippen LogP) is 2.49. The van der Waals surface area contributed by atoms with Gasteiger partial charge in [0, 0.05) is 7.05 Å². The van der Waals surface area contributed by atoms with E-state index < -0.39 is 15.7 Å². The van der Waals surface area contributed by atoms with Crippen LogP contribution in [0.3, 0.4) is 0 Å². The van der Waals surface area contributed by atoms with Gasteiger partial charge in [-0.3, -0.25) is 4.79 Å². The number of halogens is 1. The van der Waals surface area contributed by atoms with Crippen LogP contribution in [-0.4, -0.2) is 35.0 Å². The van der Waals surface area contributed by atoms with E-state index in [-0.39, 0.29) is 15.7 Å². The number of aryl methyl sites for hydroxylation is 2. The first-order chi connectivity index (χ1) is 12.9. The number of fused-ring (bicyclic) bond motifs is 1. The van der Waals surface area contributed by atoms with Gasteiger partial charge in [-0.1, -0.05) is 12.1 Å². The molecule has 146 valence electrons. The standard InChI is InChI=1S/C16H15FO2S.C4H10N2O/c17-14-6-3-7-15(11-14)20(18,19)16-9-8-12-4-1-2-5-13(12)10-16;1-5-3-4(7)6-2/h3,6-11H,1-2,4-5H2;5H,3H2,1-2H3,(H,6,7). The van der Waals surface area contributed by atoms with Crippen LogP contribution in [0.4, 0.5) is 4.39 Å². The third kappa shape index (κ3) is 5.61. The third-order valence-corrected chi connectivity index (χ3v) is 6.10. The summed E-state index contributed by atoms with van der Waals surface area (Å²) in [5.41, 5.74) is 2.34. The van der Waals surface area contributed by atoms with Crippen LogP contribution in [0, 0.1) is 5.82 Å². The van der Waals surface area contributed by atoms with Crippen molar-refractivity contribution in [2.24, 2.45) is 0 Å². The number of likely N-dealkylation sites (N-methyl/N-ethyl adjacent to an activating group) is 2. The lowest BCUT2D eigenvalue weighted by Gasteiger charge is -2.16. The van der Waals surface area contributed by atoms with Crippen LogP contribution < -0.4 is 10.6 Å². The molecule has 2 aromatic carbocycles. The number of hydrogen-bond acceptors (Lipinski definition) is 4. The van der Waals surface area contributed by atoms with Crippen molar-refractivity contribution in [2.75, 3.05) is 20.6 Å². The highest BCUT2D eigenvalue weighted by Gasteiger charge is 2.20. The van der Waals surface area contributed by atoms with Crippen molar-refractivity contribution in [3.8, 4) is 0 Å². The molecule has 0 spiro atoms. The topological polar surface area (TPSA) is 75.3 Å². The Bertz CT molecular complexity index is 898. The first-order valence-corrected chi connectivity index (χ1v) is 10.3. The second kappa shape index (κ2) is 9.62. The van der Waals surface area contributed by atoms with E-state index in [4.69, 9.17) is 0 Å². The van der Waals surface area contributed by atoms with Crippen molar-refractivity contribution >= 4 is 15.7 Å². The molecule has 5 nitrogen and oxygen atoms in total.